The molecule has 2 aliphatic rings. The number of carbonyl (C=O) groups excluding carboxylic acids is 4. The Morgan fingerprint density at radius 2 is 1.02 bits per heavy atom. The third kappa shape index (κ3) is 19.2. The number of hydrogen-bond donors (Lipinski definition) is 2. The van der Waals surface area contributed by atoms with E-state index in [0.717, 1.165) is 38.5 Å². The van der Waals surface area contributed by atoms with E-state index in [1.54, 1.807) is 0 Å². The molecule has 0 saturated carbocycles. The van der Waals surface area contributed by atoms with Crippen LogP contribution in [0.2, 0.25) is 0 Å². The van der Waals surface area contributed by atoms with E-state index in [4.69, 9.17) is 0 Å². The lowest BCUT2D eigenvalue weighted by Gasteiger charge is -2.22. The van der Waals surface area contributed by atoms with Crippen LogP contribution in [-0.4, -0.2) is 107 Å². The van der Waals surface area contributed by atoms with Crippen LogP contribution in [0.5, 0.6) is 0 Å². The minimum Gasteiger partial charge on any atom is -0.469 e. The van der Waals surface area contributed by atoms with E-state index in [-0.39, 0.29) is 36.9 Å². The SMILES string of the molecule is CCC#CC[C@H](C)[C@@H](O)/C=C/[C@H]1CC(F)(F)C(=O)N1CCCCCCC(=O)OC.CCC#CC[C@H](C)[C@H](O)/C=C/[C@H]1CC(F)(F)C(=O)N1CCCCCCC(=O)OC. The lowest BCUT2D eigenvalue weighted by Crippen LogP contribution is -2.36. The third-order valence-corrected chi connectivity index (χ3v) is 10.1. The van der Waals surface area contributed by atoms with Crippen LogP contribution in [0.25, 0.3) is 0 Å². The Morgan fingerprint density at radius 3 is 1.34 bits per heavy atom. The number of alkyl halides is 4. The van der Waals surface area contributed by atoms with Gasteiger partial charge in [-0.15, -0.1) is 23.7 Å². The van der Waals surface area contributed by atoms with Crippen molar-refractivity contribution in [1.82, 2.24) is 9.80 Å². The minimum atomic E-state index is -3.37. The molecule has 14 heteroatoms. The first-order chi connectivity index (χ1) is 27.4. The van der Waals surface area contributed by atoms with Crippen LogP contribution in [0.3, 0.4) is 0 Å². The number of ether oxygens (including phenoxy) is 2. The van der Waals surface area contributed by atoms with E-state index in [1.807, 2.05) is 27.7 Å². The smallest absolute Gasteiger partial charge is 0.327 e. The number of methoxy groups -OCH3 is 2. The van der Waals surface area contributed by atoms with Crippen LogP contribution in [0.1, 0.15) is 130 Å². The third-order valence-electron chi connectivity index (χ3n) is 10.1. The van der Waals surface area contributed by atoms with Crippen LogP contribution >= 0.6 is 0 Å². The Kier molecular flexibility index (Phi) is 24.9. The Bertz CT molecular complexity index is 1360. The maximum Gasteiger partial charge on any atom is 0.327 e. The fraction of sp³-hybridized carbons (Fsp3) is 0.727. The normalized spacial score (nSPS) is 20.4. The highest BCUT2D eigenvalue weighted by molar-refractivity contribution is 5.87. The van der Waals surface area contributed by atoms with Gasteiger partial charge in [0.1, 0.15) is 0 Å². The van der Waals surface area contributed by atoms with Gasteiger partial charge in [-0.3, -0.25) is 19.2 Å². The quantitative estimate of drug-likeness (QED) is 0.0380. The van der Waals surface area contributed by atoms with Gasteiger partial charge in [0.25, 0.3) is 11.8 Å². The molecule has 0 aromatic heterocycles. The van der Waals surface area contributed by atoms with Gasteiger partial charge >= 0.3 is 23.8 Å². The first-order valence-electron chi connectivity index (χ1n) is 20.6. The van der Waals surface area contributed by atoms with E-state index in [0.29, 0.717) is 51.4 Å². The molecule has 0 spiro atoms. The monoisotopic (exact) mass is 826 g/mol. The van der Waals surface area contributed by atoms with Crippen molar-refractivity contribution in [1.29, 1.82) is 0 Å². The largest absolute Gasteiger partial charge is 0.469 e. The summed E-state index contributed by atoms with van der Waals surface area (Å²) in [6.45, 7) is 8.04. The summed E-state index contributed by atoms with van der Waals surface area (Å²) in [5.74, 6) is 2.00. The van der Waals surface area contributed by atoms with Crippen molar-refractivity contribution in [3.8, 4) is 23.7 Å². The topological polar surface area (TPSA) is 134 Å². The van der Waals surface area contributed by atoms with Crippen molar-refractivity contribution in [2.24, 2.45) is 11.8 Å². The molecule has 0 aromatic carbocycles. The van der Waals surface area contributed by atoms with E-state index in [2.05, 4.69) is 33.2 Å². The maximum atomic E-state index is 13.9. The summed E-state index contributed by atoms with van der Waals surface area (Å²) < 4.78 is 64.8. The lowest BCUT2D eigenvalue weighted by molar-refractivity contribution is -0.148. The van der Waals surface area contributed by atoms with Crippen molar-refractivity contribution in [3.05, 3.63) is 24.3 Å². The first-order valence-corrected chi connectivity index (χ1v) is 20.6. The van der Waals surface area contributed by atoms with Crippen LogP contribution in [0.15, 0.2) is 24.3 Å². The minimum absolute atomic E-state index is 0.119. The van der Waals surface area contributed by atoms with Gasteiger partial charge in [0.15, 0.2) is 0 Å². The molecule has 2 fully saturated rings. The van der Waals surface area contributed by atoms with Crippen LogP contribution < -0.4 is 0 Å². The molecule has 2 heterocycles. The number of aliphatic hydroxyl groups excluding tert-OH is 2. The highest BCUT2D eigenvalue weighted by Crippen LogP contribution is 2.36. The molecular formula is C44H66F4N2O8. The number of halogens is 4. The zero-order valence-corrected chi connectivity index (χ0v) is 35.3. The van der Waals surface area contributed by atoms with Crippen molar-refractivity contribution in [3.63, 3.8) is 0 Å². The highest BCUT2D eigenvalue weighted by Gasteiger charge is 2.53. The number of amides is 2. The van der Waals surface area contributed by atoms with Gasteiger partial charge in [0.2, 0.25) is 0 Å². The molecule has 10 nitrogen and oxygen atoms in total. The number of nitrogens with zero attached hydrogens (tertiary/aromatic N) is 2. The van der Waals surface area contributed by atoms with Gasteiger partial charge in [-0.1, -0.05) is 77.7 Å². The van der Waals surface area contributed by atoms with E-state index in [9.17, 15) is 47.0 Å². The number of unbranched alkanes of at least 4 members (excludes halogenated alkanes) is 6. The average Bonchev–Trinajstić information content (AvgIpc) is 3.55. The number of esters is 2. The molecule has 2 N–H and O–H groups in total. The molecule has 0 radical (unpaired) electrons. The number of hydrogen-bond acceptors (Lipinski definition) is 8. The van der Waals surface area contributed by atoms with E-state index >= 15 is 0 Å². The zero-order chi connectivity index (χ0) is 43.7. The van der Waals surface area contributed by atoms with Crippen molar-refractivity contribution in [2.75, 3.05) is 27.3 Å². The summed E-state index contributed by atoms with van der Waals surface area (Å²) in [4.78, 5) is 48.6. The molecule has 0 unspecified atom stereocenters. The Morgan fingerprint density at radius 1 is 0.672 bits per heavy atom. The average molecular weight is 827 g/mol. The van der Waals surface area contributed by atoms with Crippen molar-refractivity contribution in [2.45, 2.75) is 167 Å². The molecule has 2 aliphatic heterocycles. The molecule has 0 aliphatic carbocycles. The predicted molar refractivity (Wildman–Crippen MR) is 214 cm³/mol. The van der Waals surface area contributed by atoms with Gasteiger partial charge in [-0.25, -0.2) is 0 Å². The van der Waals surface area contributed by atoms with Crippen LogP contribution in [0.4, 0.5) is 17.6 Å². The second kappa shape index (κ2) is 27.7. The number of rotatable bonds is 22. The van der Waals surface area contributed by atoms with Crippen LogP contribution in [0, 0.1) is 35.5 Å². The number of likely N-dealkylation sites (tertiary alicyclic amines) is 2. The van der Waals surface area contributed by atoms with Crippen LogP contribution in [-0.2, 0) is 28.7 Å². The summed E-state index contributed by atoms with van der Waals surface area (Å²) in [5.41, 5.74) is 0. The lowest BCUT2D eigenvalue weighted by atomic mass is 9.99. The number of carbonyl (C=O) groups is 4. The van der Waals surface area contributed by atoms with Gasteiger partial charge in [0.05, 0.1) is 38.5 Å². The molecule has 0 bridgehead atoms. The summed E-state index contributed by atoms with van der Waals surface area (Å²) >= 11 is 0. The Labute approximate surface area is 343 Å². The molecule has 2 rings (SSSR count). The fourth-order valence-electron chi connectivity index (χ4n) is 6.36. The standard InChI is InChI=1S/2C22H33F2NO4/c2*1-4-5-8-11-17(2)19(26)14-13-18-16-22(23,24)21(28)25(18)15-10-7-6-9-12-20(27)29-3/h2*13-14,17-19,26H,4,6-7,9-12,15-16H2,1-3H3/b2*14-13+/t17-,18-,19+;17-,18-,19-/m00/s1. The van der Waals surface area contributed by atoms with Gasteiger partial charge in [0, 0.05) is 64.5 Å². The fourth-order valence-corrected chi connectivity index (χ4v) is 6.36. The zero-order valence-electron chi connectivity index (χ0n) is 35.3. The molecule has 58 heavy (non-hydrogen) atoms. The second-order valence-corrected chi connectivity index (χ2v) is 15.0. The van der Waals surface area contributed by atoms with Crippen molar-refractivity contribution < 1.29 is 56.4 Å². The Balaban J connectivity index is 0.000000580. The molecule has 2 amide bonds. The summed E-state index contributed by atoms with van der Waals surface area (Å²) in [7, 11) is 2.68. The van der Waals surface area contributed by atoms with E-state index < -0.39 is 60.8 Å². The van der Waals surface area contributed by atoms with Gasteiger partial charge < -0.3 is 29.5 Å². The molecule has 0 aromatic rings. The highest BCUT2D eigenvalue weighted by atomic mass is 19.3. The maximum absolute atomic E-state index is 13.9. The molecule has 328 valence electrons. The molecule has 6 atom stereocenters. The summed E-state index contributed by atoms with van der Waals surface area (Å²) in [6, 6.07) is -1.45. The second-order valence-electron chi connectivity index (χ2n) is 15.0. The van der Waals surface area contributed by atoms with Gasteiger partial charge in [-0.05, 0) is 37.5 Å². The van der Waals surface area contributed by atoms with E-state index in [1.165, 1.54) is 48.3 Å². The van der Waals surface area contributed by atoms with Gasteiger partial charge in [-0.2, -0.15) is 17.6 Å². The number of aliphatic hydroxyl groups is 2. The molecule has 2 saturated heterocycles. The first kappa shape index (κ1) is 52.1. The predicted octanol–water partition coefficient (Wildman–Crippen LogP) is 7.41. The van der Waals surface area contributed by atoms with Crippen molar-refractivity contribution >= 4 is 23.8 Å². The summed E-state index contributed by atoms with van der Waals surface area (Å²) in [6.07, 6.45) is 12.0. The summed E-state index contributed by atoms with van der Waals surface area (Å²) in [5, 5.41) is 20.4. The molecular weight excluding hydrogens is 760 g/mol. The Hall–Kier alpha value is -3.88.